The second-order valence-electron chi connectivity index (χ2n) is 7.05. The highest BCUT2D eigenvalue weighted by Gasteiger charge is 2.43. The van der Waals surface area contributed by atoms with Gasteiger partial charge in [-0.05, 0) is 51.5 Å². The fourth-order valence-electron chi connectivity index (χ4n) is 4.39. The Hall–Kier alpha value is -0.570. The van der Waals surface area contributed by atoms with Crippen molar-refractivity contribution in [3.63, 3.8) is 0 Å². The standard InChI is InChI=1S/C17H31NO2/c1-3-10-17(16(19)20)11-7-12-18(13-17)14(2)15-8-5-4-6-9-15/h14-15H,3-13H2,1-2H3,(H,19,20). The van der Waals surface area contributed by atoms with Gasteiger partial charge in [0.2, 0.25) is 0 Å². The van der Waals surface area contributed by atoms with Gasteiger partial charge in [-0.15, -0.1) is 0 Å². The first kappa shape index (κ1) is 15.8. The lowest BCUT2D eigenvalue weighted by Crippen LogP contribution is -2.52. The van der Waals surface area contributed by atoms with Gasteiger partial charge in [0.15, 0.2) is 0 Å². The molecule has 0 amide bonds. The molecule has 116 valence electrons. The monoisotopic (exact) mass is 281 g/mol. The molecule has 0 radical (unpaired) electrons. The first-order chi connectivity index (χ1) is 9.59. The third-order valence-electron chi connectivity index (χ3n) is 5.70. The number of carbonyl (C=O) groups is 1. The summed E-state index contributed by atoms with van der Waals surface area (Å²) in [5.41, 5.74) is -0.476. The minimum absolute atomic E-state index is 0.476. The zero-order valence-corrected chi connectivity index (χ0v) is 13.2. The van der Waals surface area contributed by atoms with Gasteiger partial charge in [0, 0.05) is 12.6 Å². The molecule has 1 heterocycles. The Kier molecular flexibility index (Phi) is 5.48. The van der Waals surface area contributed by atoms with E-state index in [4.69, 9.17) is 0 Å². The van der Waals surface area contributed by atoms with Gasteiger partial charge in [-0.25, -0.2) is 0 Å². The van der Waals surface area contributed by atoms with Crippen LogP contribution >= 0.6 is 0 Å². The van der Waals surface area contributed by atoms with E-state index in [1.807, 2.05) is 0 Å². The van der Waals surface area contributed by atoms with E-state index in [0.717, 1.165) is 44.7 Å². The average molecular weight is 281 g/mol. The van der Waals surface area contributed by atoms with Crippen LogP contribution in [0.3, 0.4) is 0 Å². The summed E-state index contributed by atoms with van der Waals surface area (Å²) in [5.74, 6) is 0.217. The van der Waals surface area contributed by atoms with E-state index in [1.165, 1.54) is 32.1 Å². The summed E-state index contributed by atoms with van der Waals surface area (Å²) < 4.78 is 0. The van der Waals surface area contributed by atoms with Crippen LogP contribution in [0.5, 0.6) is 0 Å². The van der Waals surface area contributed by atoms with Gasteiger partial charge in [-0.3, -0.25) is 9.69 Å². The van der Waals surface area contributed by atoms with E-state index in [-0.39, 0.29) is 0 Å². The van der Waals surface area contributed by atoms with E-state index in [0.29, 0.717) is 6.04 Å². The topological polar surface area (TPSA) is 40.5 Å². The van der Waals surface area contributed by atoms with Crippen molar-refractivity contribution in [1.29, 1.82) is 0 Å². The van der Waals surface area contributed by atoms with Gasteiger partial charge in [0.25, 0.3) is 0 Å². The van der Waals surface area contributed by atoms with Crippen LogP contribution in [0.15, 0.2) is 0 Å². The molecule has 20 heavy (non-hydrogen) atoms. The highest BCUT2D eigenvalue weighted by Crippen LogP contribution is 2.38. The summed E-state index contributed by atoms with van der Waals surface area (Å²) in [6, 6.07) is 0.561. The smallest absolute Gasteiger partial charge is 0.310 e. The Morgan fingerprint density at radius 3 is 2.60 bits per heavy atom. The SMILES string of the molecule is CCCC1(C(=O)O)CCCN(C(C)C2CCCCC2)C1. The number of likely N-dealkylation sites (tertiary alicyclic amines) is 1. The molecule has 2 rings (SSSR count). The second-order valence-corrected chi connectivity index (χ2v) is 7.05. The molecule has 1 aliphatic heterocycles. The summed E-state index contributed by atoms with van der Waals surface area (Å²) in [6.07, 6.45) is 10.5. The van der Waals surface area contributed by atoms with E-state index >= 15 is 0 Å². The van der Waals surface area contributed by atoms with Crippen molar-refractivity contribution >= 4 is 5.97 Å². The fraction of sp³-hybridized carbons (Fsp3) is 0.941. The number of aliphatic carboxylic acids is 1. The van der Waals surface area contributed by atoms with E-state index in [2.05, 4.69) is 18.7 Å². The van der Waals surface area contributed by atoms with Crippen LogP contribution in [0, 0.1) is 11.3 Å². The molecule has 1 saturated carbocycles. The van der Waals surface area contributed by atoms with Crippen molar-refractivity contribution in [3.8, 4) is 0 Å². The third kappa shape index (κ3) is 3.36. The van der Waals surface area contributed by atoms with Crippen LogP contribution in [-0.2, 0) is 4.79 Å². The van der Waals surface area contributed by atoms with Gasteiger partial charge in [-0.1, -0.05) is 32.6 Å². The highest BCUT2D eigenvalue weighted by molar-refractivity contribution is 5.75. The molecule has 3 heteroatoms. The molecule has 1 saturated heterocycles. The Balaban J connectivity index is 2.02. The van der Waals surface area contributed by atoms with Gasteiger partial charge >= 0.3 is 5.97 Å². The number of rotatable bonds is 5. The van der Waals surface area contributed by atoms with Crippen molar-refractivity contribution in [3.05, 3.63) is 0 Å². The Morgan fingerprint density at radius 2 is 2.00 bits per heavy atom. The van der Waals surface area contributed by atoms with E-state index in [9.17, 15) is 9.90 Å². The molecule has 1 aliphatic carbocycles. The van der Waals surface area contributed by atoms with Crippen molar-refractivity contribution in [1.82, 2.24) is 4.90 Å². The molecule has 2 aliphatic rings. The highest BCUT2D eigenvalue weighted by atomic mass is 16.4. The molecule has 2 atom stereocenters. The number of carboxylic acid groups (broad SMARTS) is 1. The molecule has 0 aromatic rings. The molecule has 0 aromatic heterocycles. The molecular formula is C17H31NO2. The predicted octanol–water partition coefficient (Wildman–Crippen LogP) is 3.92. The maximum Gasteiger partial charge on any atom is 0.310 e. The summed E-state index contributed by atoms with van der Waals surface area (Å²) in [5, 5.41) is 9.70. The van der Waals surface area contributed by atoms with Crippen LogP contribution < -0.4 is 0 Å². The molecular weight excluding hydrogens is 250 g/mol. The van der Waals surface area contributed by atoms with Gasteiger partial charge in [-0.2, -0.15) is 0 Å². The molecule has 0 aromatic carbocycles. The fourth-order valence-corrected chi connectivity index (χ4v) is 4.39. The molecule has 0 spiro atoms. The largest absolute Gasteiger partial charge is 0.481 e. The normalized spacial score (nSPS) is 31.1. The van der Waals surface area contributed by atoms with Crippen molar-refractivity contribution in [2.75, 3.05) is 13.1 Å². The van der Waals surface area contributed by atoms with Gasteiger partial charge in [0.05, 0.1) is 5.41 Å². The van der Waals surface area contributed by atoms with Crippen LogP contribution in [0.1, 0.15) is 71.6 Å². The number of carboxylic acids is 1. The first-order valence-electron chi connectivity index (χ1n) is 8.56. The van der Waals surface area contributed by atoms with Gasteiger partial charge in [0.1, 0.15) is 0 Å². The zero-order valence-electron chi connectivity index (χ0n) is 13.2. The maximum atomic E-state index is 11.8. The summed E-state index contributed by atoms with van der Waals surface area (Å²) >= 11 is 0. The molecule has 0 bridgehead atoms. The number of piperidine rings is 1. The van der Waals surface area contributed by atoms with Crippen molar-refractivity contribution in [2.24, 2.45) is 11.3 Å². The molecule has 2 unspecified atom stereocenters. The minimum Gasteiger partial charge on any atom is -0.481 e. The molecule has 1 N–H and O–H groups in total. The summed E-state index contributed by atoms with van der Waals surface area (Å²) in [6.45, 7) is 6.30. The van der Waals surface area contributed by atoms with Crippen LogP contribution in [0.25, 0.3) is 0 Å². The zero-order chi connectivity index (χ0) is 14.6. The lowest BCUT2D eigenvalue weighted by atomic mass is 9.75. The van der Waals surface area contributed by atoms with Crippen molar-refractivity contribution < 1.29 is 9.90 Å². The lowest BCUT2D eigenvalue weighted by Gasteiger charge is -2.45. The van der Waals surface area contributed by atoms with Gasteiger partial charge < -0.3 is 5.11 Å². The molecule has 2 fully saturated rings. The third-order valence-corrected chi connectivity index (χ3v) is 5.70. The summed E-state index contributed by atoms with van der Waals surface area (Å²) in [7, 11) is 0. The van der Waals surface area contributed by atoms with Crippen LogP contribution in [0.4, 0.5) is 0 Å². The Bertz CT molecular complexity index is 321. The lowest BCUT2D eigenvalue weighted by molar-refractivity contribution is -0.154. The van der Waals surface area contributed by atoms with Crippen molar-refractivity contribution in [2.45, 2.75) is 77.7 Å². The first-order valence-corrected chi connectivity index (χ1v) is 8.56. The van der Waals surface area contributed by atoms with Crippen LogP contribution in [-0.4, -0.2) is 35.1 Å². The number of hydrogen-bond donors (Lipinski definition) is 1. The molecule has 3 nitrogen and oxygen atoms in total. The minimum atomic E-state index is -0.570. The number of hydrogen-bond acceptors (Lipinski definition) is 2. The predicted molar refractivity (Wildman–Crippen MR) is 81.8 cm³/mol. The number of nitrogens with zero attached hydrogens (tertiary/aromatic N) is 1. The quantitative estimate of drug-likeness (QED) is 0.830. The maximum absolute atomic E-state index is 11.8. The Morgan fingerprint density at radius 1 is 1.30 bits per heavy atom. The van der Waals surface area contributed by atoms with E-state index < -0.39 is 11.4 Å². The summed E-state index contributed by atoms with van der Waals surface area (Å²) in [4.78, 5) is 14.3. The van der Waals surface area contributed by atoms with E-state index in [1.54, 1.807) is 0 Å². The average Bonchev–Trinajstić information content (AvgIpc) is 2.48. The van der Waals surface area contributed by atoms with Crippen LogP contribution in [0.2, 0.25) is 0 Å². The second kappa shape index (κ2) is 6.93. The Labute approximate surface area is 123 Å².